The van der Waals surface area contributed by atoms with Crippen LogP contribution in [-0.2, 0) is 0 Å². The van der Waals surface area contributed by atoms with Crippen molar-refractivity contribution in [3.63, 3.8) is 0 Å². The zero-order valence-electron chi connectivity index (χ0n) is 10.8. The van der Waals surface area contributed by atoms with Crippen LogP contribution in [0.15, 0.2) is 18.2 Å². The number of amides is 2. The van der Waals surface area contributed by atoms with Gasteiger partial charge in [0.1, 0.15) is 0 Å². The molecule has 0 aliphatic rings. The lowest BCUT2D eigenvalue weighted by atomic mass is 10.1. The molecule has 0 bridgehead atoms. The predicted octanol–water partition coefficient (Wildman–Crippen LogP) is 2.47. The molecule has 0 heterocycles. The average Bonchev–Trinajstić information content (AvgIpc) is 2.28. The highest BCUT2D eigenvalue weighted by Gasteiger charge is 2.14. The van der Waals surface area contributed by atoms with Gasteiger partial charge in [-0.3, -0.25) is 0 Å². The third-order valence-corrected chi connectivity index (χ3v) is 2.41. The summed E-state index contributed by atoms with van der Waals surface area (Å²) >= 11 is 0. The first-order valence-electron chi connectivity index (χ1n) is 5.79. The molecule has 3 N–H and O–H groups in total. The molecule has 5 heteroatoms. The van der Waals surface area contributed by atoms with Crippen LogP contribution in [0.2, 0.25) is 0 Å². The van der Waals surface area contributed by atoms with Crippen molar-refractivity contribution >= 4 is 17.7 Å². The largest absolute Gasteiger partial charge is 0.478 e. The molecule has 0 atom stereocenters. The van der Waals surface area contributed by atoms with Gasteiger partial charge >= 0.3 is 12.0 Å². The highest BCUT2D eigenvalue weighted by molar-refractivity contribution is 6.00. The number of para-hydroxylation sites is 1. The topological polar surface area (TPSA) is 78.4 Å². The van der Waals surface area contributed by atoms with Crippen LogP contribution in [0.1, 0.15) is 29.8 Å². The lowest BCUT2D eigenvalue weighted by Gasteiger charge is -2.13. The van der Waals surface area contributed by atoms with E-state index >= 15 is 0 Å². The Morgan fingerprint density at radius 1 is 1.33 bits per heavy atom. The minimum Gasteiger partial charge on any atom is -0.478 e. The summed E-state index contributed by atoms with van der Waals surface area (Å²) in [5.41, 5.74) is 1.15. The van der Waals surface area contributed by atoms with E-state index in [0.717, 1.165) is 5.56 Å². The van der Waals surface area contributed by atoms with Gasteiger partial charge in [-0.1, -0.05) is 26.0 Å². The maximum Gasteiger partial charge on any atom is 0.337 e. The molecule has 0 fully saturated rings. The summed E-state index contributed by atoms with van der Waals surface area (Å²) in [7, 11) is 0. The number of carbonyl (C=O) groups excluding carboxylic acids is 1. The molecule has 1 rings (SSSR count). The number of benzene rings is 1. The molecular weight excluding hydrogens is 232 g/mol. The number of hydrogen-bond acceptors (Lipinski definition) is 2. The fourth-order valence-corrected chi connectivity index (χ4v) is 1.47. The fraction of sp³-hybridized carbons (Fsp3) is 0.385. The first-order chi connectivity index (χ1) is 8.41. The number of rotatable bonds is 4. The second kappa shape index (κ2) is 6.05. The number of aromatic carboxylic acids is 1. The van der Waals surface area contributed by atoms with Crippen LogP contribution in [0.3, 0.4) is 0 Å². The van der Waals surface area contributed by atoms with E-state index in [1.54, 1.807) is 19.1 Å². The fourth-order valence-electron chi connectivity index (χ4n) is 1.47. The van der Waals surface area contributed by atoms with Crippen molar-refractivity contribution < 1.29 is 14.7 Å². The van der Waals surface area contributed by atoms with Crippen LogP contribution in [0.5, 0.6) is 0 Å². The number of carboxylic acid groups (broad SMARTS) is 1. The Balaban J connectivity index is 2.83. The highest BCUT2D eigenvalue weighted by Crippen LogP contribution is 2.20. The monoisotopic (exact) mass is 250 g/mol. The first-order valence-corrected chi connectivity index (χ1v) is 5.79. The number of aryl methyl sites for hydroxylation is 1. The molecule has 1 aromatic carbocycles. The minimum absolute atomic E-state index is 0.0923. The Hall–Kier alpha value is -2.04. The molecule has 0 radical (unpaired) electrons. The lowest BCUT2D eigenvalue weighted by molar-refractivity contribution is 0.0698. The molecule has 0 saturated carbocycles. The van der Waals surface area contributed by atoms with E-state index in [1.807, 2.05) is 13.8 Å². The van der Waals surface area contributed by atoms with Gasteiger partial charge in [0.05, 0.1) is 11.3 Å². The van der Waals surface area contributed by atoms with Crippen LogP contribution in [0.25, 0.3) is 0 Å². The normalized spacial score (nSPS) is 10.2. The van der Waals surface area contributed by atoms with Gasteiger partial charge in [0.25, 0.3) is 0 Å². The van der Waals surface area contributed by atoms with Gasteiger partial charge in [0.15, 0.2) is 0 Å². The van der Waals surface area contributed by atoms with Crippen molar-refractivity contribution in [1.29, 1.82) is 0 Å². The molecule has 1 aromatic rings. The molecule has 0 saturated heterocycles. The van der Waals surface area contributed by atoms with Crippen molar-refractivity contribution in [1.82, 2.24) is 5.32 Å². The van der Waals surface area contributed by atoms with Crippen molar-refractivity contribution in [2.75, 3.05) is 11.9 Å². The molecule has 98 valence electrons. The summed E-state index contributed by atoms with van der Waals surface area (Å²) in [6.45, 7) is 6.26. The standard InChI is InChI=1S/C13H18N2O3/c1-8(2)7-14-13(18)15-11-9(3)5-4-6-10(11)12(16)17/h4-6,8H,7H2,1-3H3,(H,16,17)(H2,14,15,18). The van der Waals surface area contributed by atoms with E-state index in [9.17, 15) is 9.59 Å². The van der Waals surface area contributed by atoms with Gasteiger partial charge in [-0.15, -0.1) is 0 Å². The number of carbonyl (C=O) groups is 2. The smallest absolute Gasteiger partial charge is 0.337 e. The van der Waals surface area contributed by atoms with E-state index in [0.29, 0.717) is 18.2 Å². The van der Waals surface area contributed by atoms with Gasteiger partial charge in [-0.2, -0.15) is 0 Å². The Morgan fingerprint density at radius 2 is 2.00 bits per heavy atom. The summed E-state index contributed by atoms with van der Waals surface area (Å²) in [5.74, 6) is -0.718. The van der Waals surface area contributed by atoms with Crippen LogP contribution < -0.4 is 10.6 Å². The van der Waals surface area contributed by atoms with Crippen LogP contribution in [-0.4, -0.2) is 23.7 Å². The zero-order chi connectivity index (χ0) is 13.7. The second-order valence-corrected chi connectivity index (χ2v) is 4.53. The number of hydrogen-bond donors (Lipinski definition) is 3. The van der Waals surface area contributed by atoms with E-state index in [4.69, 9.17) is 5.11 Å². The van der Waals surface area contributed by atoms with Crippen LogP contribution in [0.4, 0.5) is 10.5 Å². The Bertz CT molecular complexity index is 456. The average molecular weight is 250 g/mol. The van der Waals surface area contributed by atoms with E-state index in [1.165, 1.54) is 6.07 Å². The molecule has 2 amide bonds. The molecular formula is C13H18N2O3. The summed E-state index contributed by atoms with van der Waals surface area (Å²) in [6.07, 6.45) is 0. The number of carboxylic acids is 1. The minimum atomic E-state index is -1.06. The Labute approximate surface area is 106 Å². The molecule has 0 aliphatic carbocycles. The zero-order valence-corrected chi connectivity index (χ0v) is 10.8. The van der Waals surface area contributed by atoms with Crippen LogP contribution in [0, 0.1) is 12.8 Å². The Morgan fingerprint density at radius 3 is 2.56 bits per heavy atom. The van der Waals surface area contributed by atoms with Crippen molar-refractivity contribution in [2.24, 2.45) is 5.92 Å². The first kappa shape index (κ1) is 14.0. The molecule has 18 heavy (non-hydrogen) atoms. The molecule has 0 spiro atoms. The lowest BCUT2D eigenvalue weighted by Crippen LogP contribution is -2.32. The number of urea groups is 1. The van der Waals surface area contributed by atoms with E-state index in [-0.39, 0.29) is 11.6 Å². The predicted molar refractivity (Wildman–Crippen MR) is 70.0 cm³/mol. The van der Waals surface area contributed by atoms with Gasteiger partial charge in [0, 0.05) is 6.54 Å². The summed E-state index contributed by atoms with van der Waals surface area (Å²) < 4.78 is 0. The van der Waals surface area contributed by atoms with E-state index in [2.05, 4.69) is 10.6 Å². The van der Waals surface area contributed by atoms with E-state index < -0.39 is 5.97 Å². The molecule has 0 unspecified atom stereocenters. The summed E-state index contributed by atoms with van der Waals surface area (Å²) in [4.78, 5) is 22.7. The highest BCUT2D eigenvalue weighted by atomic mass is 16.4. The second-order valence-electron chi connectivity index (χ2n) is 4.53. The quantitative estimate of drug-likeness (QED) is 0.768. The maximum absolute atomic E-state index is 11.6. The molecule has 0 aliphatic heterocycles. The SMILES string of the molecule is Cc1cccc(C(=O)O)c1NC(=O)NCC(C)C. The van der Waals surface area contributed by atoms with Crippen molar-refractivity contribution in [2.45, 2.75) is 20.8 Å². The van der Waals surface area contributed by atoms with Gasteiger partial charge in [-0.25, -0.2) is 9.59 Å². The van der Waals surface area contributed by atoms with Gasteiger partial charge in [-0.05, 0) is 24.5 Å². The number of nitrogens with one attached hydrogen (secondary N) is 2. The molecule has 5 nitrogen and oxygen atoms in total. The molecule has 0 aromatic heterocycles. The Kier molecular flexibility index (Phi) is 4.71. The maximum atomic E-state index is 11.6. The van der Waals surface area contributed by atoms with Crippen LogP contribution >= 0.6 is 0 Å². The van der Waals surface area contributed by atoms with Crippen molar-refractivity contribution in [3.05, 3.63) is 29.3 Å². The number of anilines is 1. The van der Waals surface area contributed by atoms with Gasteiger partial charge in [0.2, 0.25) is 0 Å². The van der Waals surface area contributed by atoms with Crippen molar-refractivity contribution in [3.8, 4) is 0 Å². The summed E-state index contributed by atoms with van der Waals surface area (Å²) in [6, 6.07) is 4.48. The third kappa shape index (κ3) is 3.76. The summed E-state index contributed by atoms with van der Waals surface area (Å²) in [5, 5.41) is 14.3. The van der Waals surface area contributed by atoms with Gasteiger partial charge < -0.3 is 15.7 Å². The third-order valence-electron chi connectivity index (χ3n) is 2.41.